The largest absolute Gasteiger partial charge is 0.441 e. The lowest BCUT2D eigenvalue weighted by Crippen LogP contribution is -2.16. The lowest BCUT2D eigenvalue weighted by molar-refractivity contribution is -0.119. The minimum absolute atomic E-state index is 0.0352. The van der Waals surface area contributed by atoms with Crippen LogP contribution in [0.3, 0.4) is 0 Å². The number of hydrogen-bond acceptors (Lipinski definition) is 4. The molecule has 16 heavy (non-hydrogen) atoms. The van der Waals surface area contributed by atoms with Crippen molar-refractivity contribution >= 4 is 22.7 Å². The Morgan fingerprint density at radius 3 is 3.12 bits per heavy atom. The Bertz CT molecular complexity index is 519. The third-order valence-corrected chi connectivity index (χ3v) is 2.05. The highest BCUT2D eigenvalue weighted by Crippen LogP contribution is 2.19. The van der Waals surface area contributed by atoms with Crippen LogP contribution < -0.4 is 5.32 Å². The van der Waals surface area contributed by atoms with E-state index in [4.69, 9.17) is 9.15 Å². The van der Waals surface area contributed by atoms with E-state index >= 15 is 0 Å². The molecule has 0 aliphatic carbocycles. The molecule has 0 aliphatic rings. The Kier molecular flexibility index (Phi) is 2.87. The molecule has 0 fully saturated rings. The number of carbonyl (C=O) groups excluding carboxylic acids is 1. The summed E-state index contributed by atoms with van der Waals surface area (Å²) in [6, 6.07) is 5.31. The highest BCUT2D eigenvalue weighted by atomic mass is 16.5. The number of anilines is 1. The van der Waals surface area contributed by atoms with E-state index in [2.05, 4.69) is 10.3 Å². The third-order valence-electron chi connectivity index (χ3n) is 2.05. The molecule has 1 amide bonds. The molecule has 0 saturated carbocycles. The second kappa shape index (κ2) is 4.32. The van der Waals surface area contributed by atoms with Gasteiger partial charge in [-0.1, -0.05) is 0 Å². The van der Waals surface area contributed by atoms with Crippen molar-refractivity contribution in [3.05, 3.63) is 24.1 Å². The molecule has 1 heterocycles. The summed E-state index contributed by atoms with van der Waals surface area (Å²) in [6.45, 7) is 1.82. The van der Waals surface area contributed by atoms with Crippen LogP contribution in [0.1, 0.15) is 5.89 Å². The first-order chi connectivity index (χ1) is 7.69. The molecule has 84 valence electrons. The molecule has 0 atom stereocenters. The molecular formula is C11H12N2O3. The topological polar surface area (TPSA) is 64.4 Å². The fraction of sp³-hybridized carbons (Fsp3) is 0.273. The van der Waals surface area contributed by atoms with E-state index < -0.39 is 0 Å². The first kappa shape index (κ1) is 10.6. The molecule has 0 saturated heterocycles. The molecule has 5 heteroatoms. The fourth-order valence-electron chi connectivity index (χ4n) is 1.45. The molecule has 0 unspecified atom stereocenters. The van der Waals surface area contributed by atoms with E-state index in [-0.39, 0.29) is 12.5 Å². The number of benzene rings is 1. The van der Waals surface area contributed by atoms with Crippen molar-refractivity contribution in [3.63, 3.8) is 0 Å². The fourth-order valence-corrected chi connectivity index (χ4v) is 1.45. The van der Waals surface area contributed by atoms with Gasteiger partial charge in [0, 0.05) is 25.8 Å². The van der Waals surface area contributed by atoms with Gasteiger partial charge in [0.2, 0.25) is 5.91 Å². The number of amides is 1. The summed E-state index contributed by atoms with van der Waals surface area (Å²) >= 11 is 0. The molecule has 1 aromatic carbocycles. The second-order valence-corrected chi connectivity index (χ2v) is 3.40. The second-order valence-electron chi connectivity index (χ2n) is 3.40. The average molecular weight is 220 g/mol. The first-order valence-corrected chi connectivity index (χ1v) is 4.85. The number of aryl methyl sites for hydroxylation is 1. The summed E-state index contributed by atoms with van der Waals surface area (Å²) in [5.41, 5.74) is 2.11. The highest BCUT2D eigenvalue weighted by molar-refractivity contribution is 5.93. The third kappa shape index (κ3) is 2.20. The quantitative estimate of drug-likeness (QED) is 0.855. The maximum atomic E-state index is 11.3. The lowest BCUT2D eigenvalue weighted by atomic mass is 10.3. The van der Waals surface area contributed by atoms with Crippen molar-refractivity contribution in [2.75, 3.05) is 19.0 Å². The van der Waals surface area contributed by atoms with Gasteiger partial charge in [-0.3, -0.25) is 4.79 Å². The predicted octanol–water partition coefficient (Wildman–Crippen LogP) is 1.72. The predicted molar refractivity (Wildman–Crippen MR) is 59.3 cm³/mol. The van der Waals surface area contributed by atoms with Crippen LogP contribution in [-0.4, -0.2) is 24.6 Å². The SMILES string of the molecule is COCC(=O)Nc1ccc2nc(C)oc2c1. The van der Waals surface area contributed by atoms with Crippen LogP contribution in [0, 0.1) is 6.92 Å². The van der Waals surface area contributed by atoms with Crippen molar-refractivity contribution in [2.24, 2.45) is 0 Å². The van der Waals surface area contributed by atoms with Crippen LogP contribution in [0.5, 0.6) is 0 Å². The summed E-state index contributed by atoms with van der Waals surface area (Å²) in [5.74, 6) is 0.411. The van der Waals surface area contributed by atoms with Crippen molar-refractivity contribution in [1.82, 2.24) is 4.98 Å². The molecule has 0 aliphatic heterocycles. The number of ether oxygens (including phenoxy) is 1. The minimum atomic E-state index is -0.196. The number of nitrogens with zero attached hydrogens (tertiary/aromatic N) is 1. The highest BCUT2D eigenvalue weighted by Gasteiger charge is 2.05. The Balaban J connectivity index is 2.22. The summed E-state index contributed by atoms with van der Waals surface area (Å²) < 4.78 is 10.1. The Morgan fingerprint density at radius 1 is 1.56 bits per heavy atom. The Labute approximate surface area is 92.4 Å². The number of nitrogens with one attached hydrogen (secondary N) is 1. The van der Waals surface area contributed by atoms with E-state index in [1.165, 1.54) is 7.11 Å². The molecule has 2 aromatic rings. The van der Waals surface area contributed by atoms with Gasteiger partial charge in [0.05, 0.1) is 0 Å². The zero-order chi connectivity index (χ0) is 11.5. The summed E-state index contributed by atoms with van der Waals surface area (Å²) in [6.07, 6.45) is 0. The molecule has 1 aromatic heterocycles. The summed E-state index contributed by atoms with van der Waals surface area (Å²) in [5, 5.41) is 2.69. The first-order valence-electron chi connectivity index (χ1n) is 4.85. The van der Waals surface area contributed by atoms with Crippen molar-refractivity contribution in [1.29, 1.82) is 0 Å². The van der Waals surface area contributed by atoms with Gasteiger partial charge in [-0.15, -0.1) is 0 Å². The van der Waals surface area contributed by atoms with Gasteiger partial charge in [-0.05, 0) is 12.1 Å². The summed E-state index contributed by atoms with van der Waals surface area (Å²) in [7, 11) is 1.47. The van der Waals surface area contributed by atoms with Crippen molar-refractivity contribution in [2.45, 2.75) is 6.92 Å². The molecule has 0 spiro atoms. The van der Waals surface area contributed by atoms with E-state index in [1.807, 2.05) is 0 Å². The van der Waals surface area contributed by atoms with E-state index in [1.54, 1.807) is 25.1 Å². The van der Waals surface area contributed by atoms with E-state index in [0.29, 0.717) is 17.2 Å². The average Bonchev–Trinajstić information content (AvgIpc) is 2.57. The van der Waals surface area contributed by atoms with Gasteiger partial charge < -0.3 is 14.5 Å². The maximum Gasteiger partial charge on any atom is 0.250 e. The minimum Gasteiger partial charge on any atom is -0.441 e. The van der Waals surface area contributed by atoms with Crippen LogP contribution in [0.4, 0.5) is 5.69 Å². The Morgan fingerprint density at radius 2 is 2.38 bits per heavy atom. The normalized spacial score (nSPS) is 10.6. The van der Waals surface area contributed by atoms with Crippen LogP contribution in [0.25, 0.3) is 11.1 Å². The molecule has 5 nitrogen and oxygen atoms in total. The van der Waals surface area contributed by atoms with Gasteiger partial charge in [0.25, 0.3) is 0 Å². The van der Waals surface area contributed by atoms with Gasteiger partial charge >= 0.3 is 0 Å². The zero-order valence-corrected chi connectivity index (χ0v) is 9.11. The number of carbonyl (C=O) groups is 1. The molecule has 0 radical (unpaired) electrons. The monoisotopic (exact) mass is 220 g/mol. The number of hydrogen-bond donors (Lipinski definition) is 1. The van der Waals surface area contributed by atoms with E-state index in [9.17, 15) is 4.79 Å². The van der Waals surface area contributed by atoms with Gasteiger partial charge in [0.1, 0.15) is 12.1 Å². The lowest BCUT2D eigenvalue weighted by Gasteiger charge is -2.03. The van der Waals surface area contributed by atoms with Gasteiger partial charge in [0.15, 0.2) is 11.5 Å². The van der Waals surface area contributed by atoms with Gasteiger partial charge in [-0.2, -0.15) is 0 Å². The van der Waals surface area contributed by atoms with Crippen molar-refractivity contribution in [3.8, 4) is 0 Å². The smallest absolute Gasteiger partial charge is 0.250 e. The van der Waals surface area contributed by atoms with Crippen LogP contribution in [-0.2, 0) is 9.53 Å². The van der Waals surface area contributed by atoms with Gasteiger partial charge in [-0.25, -0.2) is 4.98 Å². The number of fused-ring (bicyclic) bond motifs is 1. The van der Waals surface area contributed by atoms with Crippen LogP contribution in [0.15, 0.2) is 22.6 Å². The molecule has 1 N–H and O–H groups in total. The van der Waals surface area contributed by atoms with Crippen LogP contribution >= 0.6 is 0 Å². The molecule has 0 bridgehead atoms. The number of methoxy groups -OCH3 is 1. The number of aromatic nitrogens is 1. The standard InChI is InChI=1S/C11H12N2O3/c1-7-12-9-4-3-8(5-10(9)16-7)13-11(14)6-15-2/h3-5H,6H2,1-2H3,(H,13,14). The number of oxazole rings is 1. The Hall–Kier alpha value is -1.88. The van der Waals surface area contributed by atoms with E-state index in [0.717, 1.165) is 5.52 Å². The molecule has 2 rings (SSSR count). The maximum absolute atomic E-state index is 11.3. The summed E-state index contributed by atoms with van der Waals surface area (Å²) in [4.78, 5) is 15.4. The van der Waals surface area contributed by atoms with Crippen molar-refractivity contribution < 1.29 is 13.9 Å². The van der Waals surface area contributed by atoms with Crippen LogP contribution in [0.2, 0.25) is 0 Å². The zero-order valence-electron chi connectivity index (χ0n) is 9.11. The number of rotatable bonds is 3. The molecular weight excluding hydrogens is 208 g/mol.